The van der Waals surface area contributed by atoms with Crippen molar-refractivity contribution in [2.45, 2.75) is 25.8 Å². The second-order valence-corrected chi connectivity index (χ2v) is 5.43. The lowest BCUT2D eigenvalue weighted by atomic mass is 9.99. The van der Waals surface area contributed by atoms with Gasteiger partial charge in [0.05, 0.1) is 6.04 Å². The maximum Gasteiger partial charge on any atom is 0.123 e. The first-order valence-electron chi connectivity index (χ1n) is 7.25. The van der Waals surface area contributed by atoms with Crippen LogP contribution < -0.4 is 10.1 Å². The predicted octanol–water partition coefficient (Wildman–Crippen LogP) is 4.29. The highest BCUT2D eigenvalue weighted by Gasteiger charge is 2.10. The quantitative estimate of drug-likeness (QED) is 0.856. The summed E-state index contributed by atoms with van der Waals surface area (Å²) in [6, 6.07) is 14.8. The number of hydrogen-bond acceptors (Lipinski definition) is 2. The third kappa shape index (κ3) is 4.30. The van der Waals surface area contributed by atoms with Gasteiger partial charge in [-0.3, -0.25) is 0 Å². The van der Waals surface area contributed by atoms with Gasteiger partial charge in [-0.1, -0.05) is 38.1 Å². The Kier molecular flexibility index (Phi) is 5.34. The minimum absolute atomic E-state index is 0.108. The summed E-state index contributed by atoms with van der Waals surface area (Å²) in [6.45, 7) is 4.87. The van der Waals surface area contributed by atoms with E-state index in [1.54, 1.807) is 12.1 Å². The van der Waals surface area contributed by atoms with E-state index < -0.39 is 0 Å². The monoisotopic (exact) mass is 287 g/mol. The number of likely N-dealkylation sites (N-methyl/N-ethyl adjacent to an activating group) is 1. The number of rotatable bonds is 6. The van der Waals surface area contributed by atoms with E-state index in [1.165, 1.54) is 23.3 Å². The van der Waals surface area contributed by atoms with Crippen molar-refractivity contribution in [2.24, 2.45) is 0 Å². The van der Waals surface area contributed by atoms with Crippen molar-refractivity contribution < 1.29 is 9.13 Å². The molecule has 0 bridgehead atoms. The summed E-state index contributed by atoms with van der Waals surface area (Å²) in [5, 5.41) is 3.25. The molecule has 0 fully saturated rings. The molecular weight excluding hydrogens is 265 g/mol. The Hall–Kier alpha value is -1.87. The molecule has 1 N–H and O–H groups in total. The standard InChI is InChI=1S/C18H22FNO/c1-13(2)14-4-6-15(7-5-14)18(20-3)12-21-17-10-8-16(19)9-11-17/h4-11,13,18,20H,12H2,1-3H3. The Morgan fingerprint density at radius 2 is 1.52 bits per heavy atom. The highest BCUT2D eigenvalue weighted by molar-refractivity contribution is 5.27. The van der Waals surface area contributed by atoms with Crippen LogP contribution in [-0.4, -0.2) is 13.7 Å². The van der Waals surface area contributed by atoms with E-state index in [4.69, 9.17) is 4.74 Å². The van der Waals surface area contributed by atoms with Gasteiger partial charge in [-0.15, -0.1) is 0 Å². The van der Waals surface area contributed by atoms with Crippen molar-refractivity contribution in [3.8, 4) is 5.75 Å². The highest BCUT2D eigenvalue weighted by atomic mass is 19.1. The molecule has 0 saturated carbocycles. The van der Waals surface area contributed by atoms with E-state index in [2.05, 4.69) is 43.4 Å². The van der Waals surface area contributed by atoms with Gasteiger partial charge in [-0.05, 0) is 48.4 Å². The van der Waals surface area contributed by atoms with Crippen LogP contribution >= 0.6 is 0 Å². The molecule has 0 saturated heterocycles. The summed E-state index contributed by atoms with van der Waals surface area (Å²) in [4.78, 5) is 0. The van der Waals surface area contributed by atoms with Crippen LogP contribution in [0.15, 0.2) is 48.5 Å². The molecule has 0 aliphatic rings. The third-order valence-electron chi connectivity index (χ3n) is 3.58. The highest BCUT2D eigenvalue weighted by Crippen LogP contribution is 2.20. The zero-order valence-corrected chi connectivity index (χ0v) is 12.8. The molecule has 2 aromatic rings. The second kappa shape index (κ2) is 7.23. The molecule has 0 amide bonds. The van der Waals surface area contributed by atoms with E-state index in [-0.39, 0.29) is 11.9 Å². The summed E-state index contributed by atoms with van der Waals surface area (Å²) in [5.74, 6) is 0.954. The van der Waals surface area contributed by atoms with Gasteiger partial charge in [0.1, 0.15) is 18.2 Å². The van der Waals surface area contributed by atoms with Crippen molar-refractivity contribution in [3.63, 3.8) is 0 Å². The molecule has 0 heterocycles. The lowest BCUT2D eigenvalue weighted by Crippen LogP contribution is -2.23. The molecule has 0 spiro atoms. The zero-order chi connectivity index (χ0) is 15.2. The zero-order valence-electron chi connectivity index (χ0n) is 12.8. The average molecular weight is 287 g/mol. The molecule has 0 radical (unpaired) electrons. The minimum Gasteiger partial charge on any atom is -0.492 e. The smallest absolute Gasteiger partial charge is 0.123 e. The normalized spacial score (nSPS) is 12.4. The van der Waals surface area contributed by atoms with Crippen LogP contribution in [0.2, 0.25) is 0 Å². The summed E-state index contributed by atoms with van der Waals surface area (Å²) >= 11 is 0. The molecule has 0 aromatic heterocycles. The van der Waals surface area contributed by atoms with Gasteiger partial charge < -0.3 is 10.1 Å². The van der Waals surface area contributed by atoms with Crippen molar-refractivity contribution in [1.29, 1.82) is 0 Å². The van der Waals surface area contributed by atoms with Crippen molar-refractivity contribution in [3.05, 3.63) is 65.5 Å². The molecule has 0 aliphatic carbocycles. The maximum atomic E-state index is 12.9. The molecule has 0 aliphatic heterocycles. The summed E-state index contributed by atoms with van der Waals surface area (Å²) in [7, 11) is 1.91. The van der Waals surface area contributed by atoms with Crippen LogP contribution in [0.1, 0.15) is 36.9 Å². The van der Waals surface area contributed by atoms with Crippen LogP contribution in [-0.2, 0) is 0 Å². The van der Waals surface area contributed by atoms with Gasteiger partial charge in [-0.2, -0.15) is 0 Å². The first kappa shape index (κ1) is 15.5. The molecule has 1 unspecified atom stereocenters. The fourth-order valence-corrected chi connectivity index (χ4v) is 2.17. The first-order chi connectivity index (χ1) is 10.1. The number of halogens is 1. The summed E-state index contributed by atoms with van der Waals surface area (Å²) < 4.78 is 18.6. The SMILES string of the molecule is CNC(COc1ccc(F)cc1)c1ccc(C(C)C)cc1. The molecular formula is C18H22FNO. The molecule has 2 rings (SSSR count). The maximum absolute atomic E-state index is 12.9. The number of ether oxygens (including phenoxy) is 1. The fraction of sp³-hybridized carbons (Fsp3) is 0.333. The lowest BCUT2D eigenvalue weighted by molar-refractivity contribution is 0.273. The fourth-order valence-electron chi connectivity index (χ4n) is 2.17. The Morgan fingerprint density at radius 3 is 2.05 bits per heavy atom. The van der Waals surface area contributed by atoms with Crippen molar-refractivity contribution in [1.82, 2.24) is 5.32 Å². The third-order valence-corrected chi connectivity index (χ3v) is 3.58. The summed E-state index contributed by atoms with van der Waals surface area (Å²) in [5.41, 5.74) is 2.51. The predicted molar refractivity (Wildman–Crippen MR) is 84.2 cm³/mol. The van der Waals surface area contributed by atoms with Crippen LogP contribution in [0.5, 0.6) is 5.75 Å². The molecule has 3 heteroatoms. The second-order valence-electron chi connectivity index (χ2n) is 5.43. The minimum atomic E-state index is -0.253. The number of hydrogen-bond donors (Lipinski definition) is 1. The van der Waals surface area contributed by atoms with Crippen LogP contribution in [0, 0.1) is 5.82 Å². The van der Waals surface area contributed by atoms with Gasteiger partial charge in [-0.25, -0.2) is 4.39 Å². The van der Waals surface area contributed by atoms with E-state index in [0.29, 0.717) is 18.3 Å². The van der Waals surface area contributed by atoms with Crippen LogP contribution in [0.3, 0.4) is 0 Å². The molecule has 21 heavy (non-hydrogen) atoms. The average Bonchev–Trinajstić information content (AvgIpc) is 2.50. The van der Waals surface area contributed by atoms with E-state index in [1.807, 2.05) is 7.05 Å². The Labute approximate surface area is 126 Å². The molecule has 112 valence electrons. The number of benzene rings is 2. The number of nitrogens with one attached hydrogen (secondary N) is 1. The van der Waals surface area contributed by atoms with E-state index in [0.717, 1.165) is 0 Å². The Bertz CT molecular complexity index is 548. The molecule has 1 atom stereocenters. The van der Waals surface area contributed by atoms with Gasteiger partial charge in [0, 0.05) is 0 Å². The van der Waals surface area contributed by atoms with Gasteiger partial charge in [0.25, 0.3) is 0 Å². The first-order valence-corrected chi connectivity index (χ1v) is 7.25. The van der Waals surface area contributed by atoms with Crippen LogP contribution in [0.4, 0.5) is 4.39 Å². The summed E-state index contributed by atoms with van der Waals surface area (Å²) in [6.07, 6.45) is 0. The Morgan fingerprint density at radius 1 is 0.952 bits per heavy atom. The van der Waals surface area contributed by atoms with Crippen molar-refractivity contribution >= 4 is 0 Å². The van der Waals surface area contributed by atoms with E-state index >= 15 is 0 Å². The topological polar surface area (TPSA) is 21.3 Å². The Balaban J connectivity index is 2.00. The largest absolute Gasteiger partial charge is 0.492 e. The molecule has 2 nitrogen and oxygen atoms in total. The lowest BCUT2D eigenvalue weighted by Gasteiger charge is -2.18. The van der Waals surface area contributed by atoms with Gasteiger partial charge in [0.2, 0.25) is 0 Å². The van der Waals surface area contributed by atoms with Crippen LogP contribution in [0.25, 0.3) is 0 Å². The van der Waals surface area contributed by atoms with Gasteiger partial charge in [0.15, 0.2) is 0 Å². The van der Waals surface area contributed by atoms with Crippen molar-refractivity contribution in [2.75, 3.05) is 13.7 Å². The molecule has 2 aromatic carbocycles. The van der Waals surface area contributed by atoms with E-state index in [9.17, 15) is 4.39 Å². The van der Waals surface area contributed by atoms with Gasteiger partial charge >= 0.3 is 0 Å².